The summed E-state index contributed by atoms with van der Waals surface area (Å²) in [6.45, 7) is 7.37. The second kappa shape index (κ2) is 4.04. The molecule has 1 aliphatic rings. The number of hydrogen-bond acceptors (Lipinski definition) is 4. The van der Waals surface area contributed by atoms with Crippen LogP contribution in [-0.2, 0) is 4.74 Å². The second-order valence-corrected chi connectivity index (χ2v) is 4.45. The number of furan rings is 1. The van der Waals surface area contributed by atoms with E-state index in [1.807, 2.05) is 19.9 Å². The van der Waals surface area contributed by atoms with Crippen molar-refractivity contribution < 1.29 is 9.15 Å². The number of anilines is 1. The highest BCUT2D eigenvalue weighted by Crippen LogP contribution is 2.29. The van der Waals surface area contributed by atoms with Crippen LogP contribution in [0.2, 0.25) is 0 Å². The Hall–Kier alpha value is -1.55. The van der Waals surface area contributed by atoms with Gasteiger partial charge >= 0.3 is 0 Å². The number of hydrogen-bond donors (Lipinski definition) is 0. The molecule has 3 heterocycles. The van der Waals surface area contributed by atoms with Crippen LogP contribution in [0.1, 0.15) is 11.5 Å². The van der Waals surface area contributed by atoms with Gasteiger partial charge in [0.15, 0.2) is 5.58 Å². The van der Waals surface area contributed by atoms with Crippen LogP contribution in [0.15, 0.2) is 16.5 Å². The average Bonchev–Trinajstić information content (AvgIpc) is 2.69. The lowest BCUT2D eigenvalue weighted by Crippen LogP contribution is -2.36. The third-order valence-electron chi connectivity index (χ3n) is 3.06. The van der Waals surface area contributed by atoms with Crippen molar-refractivity contribution in [2.75, 3.05) is 31.2 Å². The summed E-state index contributed by atoms with van der Waals surface area (Å²) in [7, 11) is 0. The molecule has 90 valence electrons. The van der Waals surface area contributed by atoms with Crippen molar-refractivity contribution in [1.29, 1.82) is 0 Å². The molecule has 0 amide bonds. The first-order chi connectivity index (χ1) is 8.24. The average molecular weight is 232 g/mol. The van der Waals surface area contributed by atoms with Crippen LogP contribution in [0, 0.1) is 13.8 Å². The van der Waals surface area contributed by atoms with E-state index in [1.54, 1.807) is 0 Å². The third-order valence-corrected chi connectivity index (χ3v) is 3.06. The molecule has 0 atom stereocenters. The lowest BCUT2D eigenvalue weighted by Gasteiger charge is -2.28. The zero-order valence-corrected chi connectivity index (χ0v) is 10.2. The number of rotatable bonds is 1. The number of ether oxygens (including phenoxy) is 1. The predicted molar refractivity (Wildman–Crippen MR) is 66.5 cm³/mol. The Bertz CT molecular complexity index is 542. The number of aryl methyl sites for hydroxylation is 2. The van der Waals surface area contributed by atoms with E-state index >= 15 is 0 Å². The van der Waals surface area contributed by atoms with E-state index in [4.69, 9.17) is 9.15 Å². The summed E-state index contributed by atoms with van der Waals surface area (Å²) >= 11 is 0. The van der Waals surface area contributed by atoms with E-state index in [9.17, 15) is 0 Å². The fourth-order valence-electron chi connectivity index (χ4n) is 2.29. The molecule has 1 aliphatic heterocycles. The van der Waals surface area contributed by atoms with Gasteiger partial charge in [-0.25, -0.2) is 4.98 Å². The molecule has 0 bridgehead atoms. The van der Waals surface area contributed by atoms with Gasteiger partial charge in [-0.1, -0.05) is 0 Å². The first-order valence-electron chi connectivity index (χ1n) is 5.94. The van der Waals surface area contributed by atoms with Crippen LogP contribution < -0.4 is 4.90 Å². The molecule has 2 aromatic heterocycles. The summed E-state index contributed by atoms with van der Waals surface area (Å²) in [5.74, 6) is 0.910. The maximum Gasteiger partial charge on any atom is 0.175 e. The lowest BCUT2D eigenvalue weighted by atomic mass is 10.2. The van der Waals surface area contributed by atoms with Gasteiger partial charge in [0.05, 0.1) is 18.9 Å². The van der Waals surface area contributed by atoms with E-state index in [1.165, 1.54) is 0 Å². The Kier molecular flexibility index (Phi) is 2.52. The van der Waals surface area contributed by atoms with Crippen molar-refractivity contribution >= 4 is 16.8 Å². The van der Waals surface area contributed by atoms with Crippen molar-refractivity contribution in [3.63, 3.8) is 0 Å². The number of aromatic nitrogens is 1. The minimum atomic E-state index is 0.780. The number of pyridine rings is 1. The topological polar surface area (TPSA) is 38.5 Å². The van der Waals surface area contributed by atoms with E-state index in [2.05, 4.69) is 16.0 Å². The molecule has 3 rings (SSSR count). The predicted octanol–water partition coefficient (Wildman–Crippen LogP) is 2.28. The van der Waals surface area contributed by atoms with Crippen molar-refractivity contribution in [3.05, 3.63) is 23.6 Å². The van der Waals surface area contributed by atoms with Crippen molar-refractivity contribution in [2.45, 2.75) is 13.8 Å². The molecule has 0 radical (unpaired) electrons. The molecule has 0 N–H and O–H groups in total. The zero-order chi connectivity index (χ0) is 11.8. The number of nitrogens with zero attached hydrogens (tertiary/aromatic N) is 2. The highest BCUT2D eigenvalue weighted by atomic mass is 16.5. The summed E-state index contributed by atoms with van der Waals surface area (Å²) in [6.07, 6.45) is 0. The Morgan fingerprint density at radius 3 is 2.71 bits per heavy atom. The van der Waals surface area contributed by atoms with Gasteiger partial charge in [-0.05, 0) is 19.9 Å². The minimum absolute atomic E-state index is 0.780. The number of fused-ring (bicyclic) bond motifs is 1. The van der Waals surface area contributed by atoms with Crippen molar-refractivity contribution in [1.82, 2.24) is 4.98 Å². The maximum atomic E-state index is 5.76. The van der Waals surface area contributed by atoms with Crippen LogP contribution in [-0.4, -0.2) is 31.3 Å². The summed E-state index contributed by atoms with van der Waals surface area (Å²) in [5.41, 5.74) is 4.02. The standard InChI is InChI=1S/C13H16N2O2/c1-9-7-12(15-3-5-16-6-4-15)13-11(14-9)8-10(2)17-13/h7-8H,3-6H2,1-2H3. The summed E-state index contributed by atoms with van der Waals surface area (Å²) in [4.78, 5) is 6.81. The molecule has 0 saturated carbocycles. The van der Waals surface area contributed by atoms with Crippen LogP contribution >= 0.6 is 0 Å². The van der Waals surface area contributed by atoms with Crippen molar-refractivity contribution in [2.24, 2.45) is 0 Å². The molecular formula is C13H16N2O2. The van der Waals surface area contributed by atoms with Crippen LogP contribution in [0.25, 0.3) is 11.1 Å². The number of morpholine rings is 1. The fraction of sp³-hybridized carbons (Fsp3) is 0.462. The van der Waals surface area contributed by atoms with Crippen LogP contribution in [0.4, 0.5) is 5.69 Å². The van der Waals surface area contributed by atoms with Crippen molar-refractivity contribution in [3.8, 4) is 0 Å². The molecule has 4 heteroatoms. The lowest BCUT2D eigenvalue weighted by molar-refractivity contribution is 0.122. The first kappa shape index (κ1) is 10.6. The first-order valence-corrected chi connectivity index (χ1v) is 5.94. The highest BCUT2D eigenvalue weighted by molar-refractivity contribution is 5.87. The Morgan fingerprint density at radius 1 is 1.18 bits per heavy atom. The molecule has 1 fully saturated rings. The zero-order valence-electron chi connectivity index (χ0n) is 10.2. The summed E-state index contributed by atoms with van der Waals surface area (Å²) in [6, 6.07) is 4.09. The van der Waals surface area contributed by atoms with Gasteiger partial charge in [-0.3, -0.25) is 0 Å². The van der Waals surface area contributed by atoms with Gasteiger partial charge in [0.25, 0.3) is 0 Å². The Labute approximate surface area is 100 Å². The van der Waals surface area contributed by atoms with Gasteiger partial charge in [0.2, 0.25) is 0 Å². The molecule has 17 heavy (non-hydrogen) atoms. The van der Waals surface area contributed by atoms with Gasteiger partial charge in [0.1, 0.15) is 11.3 Å². The SMILES string of the molecule is Cc1cc(N2CCOCC2)c2oc(C)cc2n1. The second-order valence-electron chi connectivity index (χ2n) is 4.45. The Balaban J connectivity index is 2.12. The monoisotopic (exact) mass is 232 g/mol. The molecule has 0 aromatic carbocycles. The van der Waals surface area contributed by atoms with E-state index < -0.39 is 0 Å². The largest absolute Gasteiger partial charge is 0.457 e. The quantitative estimate of drug-likeness (QED) is 0.756. The fourth-order valence-corrected chi connectivity index (χ4v) is 2.29. The van der Waals surface area contributed by atoms with E-state index in [-0.39, 0.29) is 0 Å². The van der Waals surface area contributed by atoms with Crippen LogP contribution in [0.3, 0.4) is 0 Å². The third kappa shape index (κ3) is 1.89. The highest BCUT2D eigenvalue weighted by Gasteiger charge is 2.17. The van der Waals surface area contributed by atoms with Gasteiger partial charge in [-0.2, -0.15) is 0 Å². The molecule has 0 aliphatic carbocycles. The molecular weight excluding hydrogens is 216 g/mol. The van der Waals surface area contributed by atoms with E-state index in [0.717, 1.165) is 54.5 Å². The minimum Gasteiger partial charge on any atom is -0.457 e. The summed E-state index contributed by atoms with van der Waals surface area (Å²) in [5, 5.41) is 0. The molecule has 0 unspecified atom stereocenters. The molecule has 4 nitrogen and oxygen atoms in total. The molecule has 2 aromatic rings. The molecule has 1 saturated heterocycles. The van der Waals surface area contributed by atoms with E-state index in [0.29, 0.717) is 0 Å². The summed E-state index contributed by atoms with van der Waals surface area (Å²) < 4.78 is 11.1. The van der Waals surface area contributed by atoms with Gasteiger partial charge in [0, 0.05) is 24.8 Å². The van der Waals surface area contributed by atoms with Gasteiger partial charge in [-0.15, -0.1) is 0 Å². The maximum absolute atomic E-state index is 5.76. The Morgan fingerprint density at radius 2 is 1.94 bits per heavy atom. The van der Waals surface area contributed by atoms with Crippen LogP contribution in [0.5, 0.6) is 0 Å². The normalized spacial score (nSPS) is 16.7. The molecule has 0 spiro atoms. The van der Waals surface area contributed by atoms with Gasteiger partial charge < -0.3 is 14.1 Å². The smallest absolute Gasteiger partial charge is 0.175 e.